The normalized spacial score (nSPS) is 13.0. The maximum Gasteiger partial charge on any atom is 0.0783 e. The Labute approximate surface area is 230 Å². The van der Waals surface area contributed by atoms with E-state index in [9.17, 15) is 0 Å². The maximum atomic E-state index is 2.52. The number of hydrogen-bond acceptors (Lipinski definition) is 1. The van der Waals surface area contributed by atoms with Crippen molar-refractivity contribution < 1.29 is 0 Å². The summed E-state index contributed by atoms with van der Waals surface area (Å²) in [6, 6.07) is 42.7. The highest BCUT2D eigenvalue weighted by molar-refractivity contribution is 7.25. The third-order valence-electron chi connectivity index (χ3n) is 9.13. The van der Waals surface area contributed by atoms with Crippen LogP contribution in [-0.2, 0) is 0 Å². The van der Waals surface area contributed by atoms with E-state index in [1.165, 1.54) is 91.4 Å². The molecular weight excluding hydrogens is 506 g/mol. The van der Waals surface area contributed by atoms with Crippen molar-refractivity contribution in [2.24, 2.45) is 0 Å². The van der Waals surface area contributed by atoms with Gasteiger partial charge in [-0.2, -0.15) is 0 Å². The van der Waals surface area contributed by atoms with E-state index in [-0.39, 0.29) is 0 Å². The van der Waals surface area contributed by atoms with Crippen LogP contribution in [0, 0.1) is 0 Å². The number of benzene rings is 6. The molecule has 5 aromatic heterocycles. The molecule has 5 heterocycles. The lowest BCUT2D eigenvalue weighted by Gasteiger charge is -2.11. The van der Waals surface area contributed by atoms with Gasteiger partial charge in [-0.05, 0) is 42.5 Å². The van der Waals surface area contributed by atoms with Gasteiger partial charge in [-0.1, -0.05) is 72.8 Å². The fraction of sp³-hybridized carbons (Fsp3) is 0. The number of rotatable bonds is 0. The maximum absolute atomic E-state index is 2.52. The molecule has 0 aliphatic heterocycles. The van der Waals surface area contributed by atoms with Crippen LogP contribution >= 0.6 is 11.3 Å². The summed E-state index contributed by atoms with van der Waals surface area (Å²) in [5, 5.41) is 7.90. The molecular formula is C36H19N3S. The van der Waals surface area contributed by atoms with Gasteiger partial charge in [0.05, 0.1) is 59.1 Å². The summed E-state index contributed by atoms with van der Waals surface area (Å²) < 4.78 is 10.2. The number of hydrogen-bond donors (Lipinski definition) is 0. The van der Waals surface area contributed by atoms with E-state index in [2.05, 4.69) is 128 Å². The number of nitrogens with zero attached hydrogens (tertiary/aromatic N) is 3. The highest BCUT2D eigenvalue weighted by Crippen LogP contribution is 2.45. The second kappa shape index (κ2) is 6.56. The van der Waals surface area contributed by atoms with Gasteiger partial charge in [0, 0.05) is 32.3 Å². The zero-order valence-corrected chi connectivity index (χ0v) is 22.0. The molecule has 11 aromatic rings. The summed E-state index contributed by atoms with van der Waals surface area (Å²) >= 11 is 1.92. The Morgan fingerprint density at radius 2 is 0.850 bits per heavy atom. The van der Waals surface area contributed by atoms with Gasteiger partial charge in [-0.3, -0.25) is 0 Å². The number of fused-ring (bicyclic) bond motifs is 14. The Balaban J connectivity index is 1.48. The Morgan fingerprint density at radius 1 is 0.350 bits per heavy atom. The van der Waals surface area contributed by atoms with Gasteiger partial charge in [-0.25, -0.2) is 0 Å². The van der Waals surface area contributed by atoms with Crippen LogP contribution < -0.4 is 0 Å². The van der Waals surface area contributed by atoms with E-state index in [4.69, 9.17) is 0 Å². The van der Waals surface area contributed by atoms with Gasteiger partial charge in [0.25, 0.3) is 0 Å². The van der Waals surface area contributed by atoms with Crippen LogP contribution in [0.3, 0.4) is 0 Å². The highest BCUT2D eigenvalue weighted by Gasteiger charge is 2.23. The van der Waals surface area contributed by atoms with Crippen LogP contribution in [0.5, 0.6) is 0 Å². The molecule has 0 aliphatic carbocycles. The summed E-state index contributed by atoms with van der Waals surface area (Å²) in [5.41, 5.74) is 11.5. The molecule has 0 N–H and O–H groups in total. The summed E-state index contributed by atoms with van der Waals surface area (Å²) in [6.07, 6.45) is 0. The fourth-order valence-corrected chi connectivity index (χ4v) is 8.91. The van der Waals surface area contributed by atoms with Crippen molar-refractivity contribution in [1.29, 1.82) is 0 Å². The summed E-state index contributed by atoms with van der Waals surface area (Å²) in [6.45, 7) is 0. The smallest absolute Gasteiger partial charge is 0.0783 e. The molecule has 0 atom stereocenters. The van der Waals surface area contributed by atoms with Gasteiger partial charge >= 0.3 is 0 Å². The Bertz CT molecular complexity index is 2870. The first-order chi connectivity index (χ1) is 19.9. The predicted molar refractivity (Wildman–Crippen MR) is 171 cm³/mol. The third kappa shape index (κ3) is 2.05. The fourth-order valence-electron chi connectivity index (χ4n) is 7.67. The van der Waals surface area contributed by atoms with Gasteiger partial charge in [0.15, 0.2) is 0 Å². The zero-order chi connectivity index (χ0) is 25.7. The second-order valence-electron chi connectivity index (χ2n) is 10.9. The molecule has 0 saturated heterocycles. The number of aromatic nitrogens is 3. The van der Waals surface area contributed by atoms with Gasteiger partial charge in [0.2, 0.25) is 0 Å². The summed E-state index contributed by atoms with van der Waals surface area (Å²) in [4.78, 5) is 0. The lowest BCUT2D eigenvalue weighted by molar-refractivity contribution is 1.26. The van der Waals surface area contributed by atoms with Crippen molar-refractivity contribution in [3.05, 3.63) is 115 Å². The van der Waals surface area contributed by atoms with Crippen molar-refractivity contribution >= 4 is 103 Å². The second-order valence-corrected chi connectivity index (χ2v) is 12.0. The van der Waals surface area contributed by atoms with Crippen LogP contribution in [0.15, 0.2) is 115 Å². The van der Waals surface area contributed by atoms with E-state index in [0.29, 0.717) is 0 Å². The summed E-state index contributed by atoms with van der Waals surface area (Å²) in [5.74, 6) is 0. The van der Waals surface area contributed by atoms with E-state index in [1.54, 1.807) is 0 Å². The van der Waals surface area contributed by atoms with E-state index in [1.807, 2.05) is 11.3 Å². The molecule has 4 heteroatoms. The van der Waals surface area contributed by atoms with Gasteiger partial charge < -0.3 is 13.2 Å². The first-order valence-electron chi connectivity index (χ1n) is 13.7. The molecule has 0 spiro atoms. The van der Waals surface area contributed by atoms with Gasteiger partial charge in [0.1, 0.15) is 0 Å². The molecule has 0 fully saturated rings. The molecule has 0 amide bonds. The molecule has 0 unspecified atom stereocenters. The number of para-hydroxylation sites is 5. The van der Waals surface area contributed by atoms with Crippen molar-refractivity contribution in [1.82, 2.24) is 13.2 Å². The average molecular weight is 526 g/mol. The van der Waals surface area contributed by atoms with Crippen LogP contribution in [0.4, 0.5) is 0 Å². The minimum absolute atomic E-state index is 1.25. The van der Waals surface area contributed by atoms with Crippen molar-refractivity contribution in [3.63, 3.8) is 0 Å². The van der Waals surface area contributed by atoms with Crippen molar-refractivity contribution in [3.8, 4) is 0 Å². The highest BCUT2D eigenvalue weighted by atomic mass is 32.1. The first kappa shape index (κ1) is 19.9. The minimum atomic E-state index is 1.25. The third-order valence-corrected chi connectivity index (χ3v) is 10.3. The van der Waals surface area contributed by atoms with Crippen molar-refractivity contribution in [2.45, 2.75) is 0 Å². The standard InChI is InChI=1S/C36H19N3S/c1-3-13-25-20(8-1)22-10-5-15-28-33(22)37(25)29-16-6-12-24-32-27(39(28)34(24)29)18-19-30-36(32)40-31-17-7-11-23-21-9-2-4-14-26(21)38(30)35(23)31/h1-19H. The molecule has 184 valence electrons. The zero-order valence-electron chi connectivity index (χ0n) is 21.2. The quantitative estimate of drug-likeness (QED) is 0.175. The van der Waals surface area contributed by atoms with Crippen LogP contribution in [0.1, 0.15) is 0 Å². The average Bonchev–Trinajstić information content (AvgIpc) is 3.65. The largest absolute Gasteiger partial charge is 0.306 e. The topological polar surface area (TPSA) is 13.2 Å². The van der Waals surface area contributed by atoms with Crippen LogP contribution in [0.25, 0.3) is 91.4 Å². The molecule has 6 aromatic carbocycles. The van der Waals surface area contributed by atoms with E-state index < -0.39 is 0 Å². The van der Waals surface area contributed by atoms with E-state index >= 15 is 0 Å². The van der Waals surface area contributed by atoms with Crippen LogP contribution in [-0.4, -0.2) is 13.2 Å². The lowest BCUT2D eigenvalue weighted by atomic mass is 10.1. The Kier molecular flexibility index (Phi) is 3.27. The molecule has 40 heavy (non-hydrogen) atoms. The Morgan fingerprint density at radius 3 is 1.60 bits per heavy atom. The molecule has 0 bridgehead atoms. The molecule has 11 rings (SSSR count). The predicted octanol–water partition coefficient (Wildman–Crippen LogP) is 10.0. The van der Waals surface area contributed by atoms with Crippen molar-refractivity contribution in [2.75, 3.05) is 0 Å². The minimum Gasteiger partial charge on any atom is -0.306 e. The monoisotopic (exact) mass is 525 g/mol. The van der Waals surface area contributed by atoms with E-state index in [0.717, 1.165) is 0 Å². The Hall–Kier alpha value is -5.06. The molecule has 0 aliphatic rings. The summed E-state index contributed by atoms with van der Waals surface area (Å²) in [7, 11) is 0. The lowest BCUT2D eigenvalue weighted by Crippen LogP contribution is -1.96. The molecule has 3 nitrogen and oxygen atoms in total. The van der Waals surface area contributed by atoms with Gasteiger partial charge in [-0.15, -0.1) is 11.3 Å². The molecule has 0 radical (unpaired) electrons. The SMILES string of the molecule is c1ccc2c(c1)c1cccc3sc4c5c6cccc7c6n(c5ccc4n2c31)c1cccc2c3ccccc3n7c21. The molecule has 0 saturated carbocycles. The van der Waals surface area contributed by atoms with Crippen LogP contribution in [0.2, 0.25) is 0 Å². The first-order valence-corrected chi connectivity index (χ1v) is 14.5.